The molecule has 0 bridgehead atoms. The molecule has 0 radical (unpaired) electrons. The van der Waals surface area contributed by atoms with E-state index in [4.69, 9.17) is 0 Å². The third kappa shape index (κ3) is 2.02. The monoisotopic (exact) mass is 319 g/mol. The Kier molecular flexibility index (Phi) is 3.34. The Morgan fingerprint density at radius 2 is 1.91 bits per heavy atom. The summed E-state index contributed by atoms with van der Waals surface area (Å²) in [5, 5.41) is 13.0. The topological polar surface area (TPSA) is 66.4 Å². The number of aliphatic carboxylic acids is 1. The molecule has 1 aliphatic heterocycles. The first kappa shape index (κ1) is 15.5. The Hall–Kier alpha value is -1.06. The van der Waals surface area contributed by atoms with Crippen molar-refractivity contribution in [3.05, 3.63) is 0 Å². The van der Waals surface area contributed by atoms with Crippen molar-refractivity contribution in [2.45, 2.75) is 71.3 Å². The predicted octanol–water partition coefficient (Wildman–Crippen LogP) is 3.21. The predicted molar refractivity (Wildman–Crippen MR) is 86.7 cm³/mol. The van der Waals surface area contributed by atoms with Crippen LogP contribution in [0.1, 0.15) is 65.2 Å². The lowest BCUT2D eigenvalue weighted by molar-refractivity contribution is -0.169. The zero-order valence-electron chi connectivity index (χ0n) is 14.3. The van der Waals surface area contributed by atoms with Crippen molar-refractivity contribution in [1.82, 2.24) is 5.32 Å². The van der Waals surface area contributed by atoms with E-state index in [-0.39, 0.29) is 23.8 Å². The van der Waals surface area contributed by atoms with Crippen LogP contribution in [0, 0.1) is 34.5 Å². The first-order valence-corrected chi connectivity index (χ1v) is 9.38. The minimum atomic E-state index is -0.771. The lowest BCUT2D eigenvalue weighted by atomic mass is 9.45. The van der Waals surface area contributed by atoms with Crippen molar-refractivity contribution < 1.29 is 14.7 Å². The average molecular weight is 319 g/mol. The van der Waals surface area contributed by atoms with Crippen LogP contribution in [0.15, 0.2) is 0 Å². The van der Waals surface area contributed by atoms with Crippen molar-refractivity contribution in [2.75, 3.05) is 0 Å². The summed E-state index contributed by atoms with van der Waals surface area (Å²) < 4.78 is 0. The molecular formula is C19H29NO3. The molecule has 1 heterocycles. The molecular weight excluding hydrogens is 290 g/mol. The molecule has 0 spiro atoms. The second kappa shape index (κ2) is 4.97. The second-order valence-corrected chi connectivity index (χ2v) is 9.12. The summed E-state index contributed by atoms with van der Waals surface area (Å²) in [6.07, 6.45) is 8.67. The zero-order valence-corrected chi connectivity index (χ0v) is 14.3. The van der Waals surface area contributed by atoms with Gasteiger partial charge >= 0.3 is 5.97 Å². The van der Waals surface area contributed by atoms with E-state index in [9.17, 15) is 14.7 Å². The van der Waals surface area contributed by atoms with Crippen LogP contribution in [0.25, 0.3) is 0 Å². The normalized spacial score (nSPS) is 52.1. The third-order valence-electron chi connectivity index (χ3n) is 8.33. The second-order valence-electron chi connectivity index (χ2n) is 9.12. The van der Waals surface area contributed by atoms with Gasteiger partial charge in [0.05, 0.1) is 5.92 Å². The van der Waals surface area contributed by atoms with E-state index in [1.54, 1.807) is 0 Å². The van der Waals surface area contributed by atoms with Gasteiger partial charge in [-0.25, -0.2) is 0 Å². The molecule has 4 aliphatic rings. The van der Waals surface area contributed by atoms with Crippen molar-refractivity contribution in [3.8, 4) is 0 Å². The summed E-state index contributed by atoms with van der Waals surface area (Å²) in [7, 11) is 0. The number of carbonyl (C=O) groups is 2. The Morgan fingerprint density at radius 1 is 1.13 bits per heavy atom. The Balaban J connectivity index is 1.71. The van der Waals surface area contributed by atoms with Crippen LogP contribution in [0.3, 0.4) is 0 Å². The third-order valence-corrected chi connectivity index (χ3v) is 8.33. The number of hydrogen-bond acceptors (Lipinski definition) is 2. The smallest absolute Gasteiger partial charge is 0.307 e. The van der Waals surface area contributed by atoms with E-state index in [0.29, 0.717) is 17.3 Å². The molecule has 0 aromatic heterocycles. The highest BCUT2D eigenvalue weighted by Crippen LogP contribution is 2.64. The van der Waals surface area contributed by atoms with Gasteiger partial charge in [-0.3, -0.25) is 9.59 Å². The van der Waals surface area contributed by atoms with Gasteiger partial charge in [-0.1, -0.05) is 20.3 Å². The maximum Gasteiger partial charge on any atom is 0.307 e. The molecule has 2 N–H and O–H groups in total. The van der Waals surface area contributed by atoms with Gasteiger partial charge in [0.2, 0.25) is 5.91 Å². The maximum atomic E-state index is 12.0. The van der Waals surface area contributed by atoms with E-state index in [0.717, 1.165) is 25.2 Å². The van der Waals surface area contributed by atoms with E-state index in [2.05, 4.69) is 19.2 Å². The molecule has 0 aromatic rings. The van der Waals surface area contributed by atoms with Gasteiger partial charge in [0.25, 0.3) is 0 Å². The van der Waals surface area contributed by atoms with Crippen molar-refractivity contribution in [3.63, 3.8) is 0 Å². The average Bonchev–Trinajstić information content (AvgIpc) is 2.88. The quantitative estimate of drug-likeness (QED) is 0.780. The van der Waals surface area contributed by atoms with Gasteiger partial charge in [-0.2, -0.15) is 0 Å². The van der Waals surface area contributed by atoms with Crippen LogP contribution in [0.4, 0.5) is 0 Å². The Morgan fingerprint density at radius 3 is 2.65 bits per heavy atom. The van der Waals surface area contributed by atoms with Gasteiger partial charge in [0.1, 0.15) is 0 Å². The van der Waals surface area contributed by atoms with Crippen LogP contribution >= 0.6 is 0 Å². The highest BCUT2D eigenvalue weighted by Gasteiger charge is 2.62. The molecule has 4 nitrogen and oxygen atoms in total. The van der Waals surface area contributed by atoms with Crippen LogP contribution in [-0.4, -0.2) is 23.0 Å². The minimum absolute atomic E-state index is 0.0526. The number of hydrogen-bond donors (Lipinski definition) is 2. The highest BCUT2D eigenvalue weighted by molar-refractivity contribution is 5.85. The van der Waals surface area contributed by atoms with Gasteiger partial charge in [-0.05, 0) is 61.7 Å². The first-order valence-electron chi connectivity index (χ1n) is 9.38. The van der Waals surface area contributed by atoms with Crippen molar-refractivity contribution >= 4 is 11.9 Å². The minimum Gasteiger partial charge on any atom is -0.481 e. The van der Waals surface area contributed by atoms with Gasteiger partial charge in [-0.15, -0.1) is 0 Å². The fourth-order valence-corrected chi connectivity index (χ4v) is 7.12. The van der Waals surface area contributed by atoms with Crippen LogP contribution in [0.2, 0.25) is 0 Å². The zero-order chi connectivity index (χ0) is 16.4. The van der Waals surface area contributed by atoms with Gasteiger partial charge in [0, 0.05) is 17.9 Å². The molecule has 1 amide bonds. The molecule has 3 saturated carbocycles. The molecule has 3 aliphatic carbocycles. The number of carboxylic acids is 1. The lowest BCUT2D eigenvalue weighted by Gasteiger charge is -2.61. The molecule has 4 heteroatoms. The molecule has 4 rings (SSSR count). The molecule has 4 fully saturated rings. The molecule has 1 saturated heterocycles. The van der Waals surface area contributed by atoms with Crippen LogP contribution in [0.5, 0.6) is 0 Å². The molecule has 2 unspecified atom stereocenters. The summed E-state index contributed by atoms with van der Waals surface area (Å²) in [4.78, 5) is 23.9. The Labute approximate surface area is 138 Å². The van der Waals surface area contributed by atoms with E-state index < -0.39 is 11.9 Å². The summed E-state index contributed by atoms with van der Waals surface area (Å²) in [5.41, 5.74) is 0.216. The van der Waals surface area contributed by atoms with Crippen molar-refractivity contribution in [1.29, 1.82) is 0 Å². The van der Waals surface area contributed by atoms with E-state index in [1.807, 2.05) is 0 Å². The number of nitrogens with one attached hydrogen (secondary N) is 1. The Bertz CT molecular complexity index is 547. The summed E-state index contributed by atoms with van der Waals surface area (Å²) in [6.45, 7) is 4.64. The van der Waals surface area contributed by atoms with Crippen molar-refractivity contribution in [2.24, 2.45) is 34.5 Å². The number of carboxylic acid groups (broad SMARTS) is 1. The number of rotatable bonds is 1. The molecule has 128 valence electrons. The standard InChI is InChI=1S/C19H29NO3/c1-18-8-3-4-12(18)11-5-6-15-19(2,13(11)7-9-18)14(17(22)23)10-16(21)20-15/h11-15H,3-10H2,1-2H3,(H,20,21)(H,22,23)/t11-,12-,13-,14?,15?,18-,19-/m0/s1. The molecule has 7 atom stereocenters. The maximum absolute atomic E-state index is 12.0. The molecule has 23 heavy (non-hydrogen) atoms. The van der Waals surface area contributed by atoms with E-state index >= 15 is 0 Å². The summed E-state index contributed by atoms with van der Waals surface area (Å²) >= 11 is 0. The lowest BCUT2D eigenvalue weighted by Crippen LogP contribution is -2.65. The fourth-order valence-electron chi connectivity index (χ4n) is 7.12. The largest absolute Gasteiger partial charge is 0.481 e. The molecule has 0 aromatic carbocycles. The summed E-state index contributed by atoms with van der Waals surface area (Å²) in [5.74, 6) is 0.534. The highest BCUT2D eigenvalue weighted by atomic mass is 16.4. The van der Waals surface area contributed by atoms with Crippen LogP contribution < -0.4 is 5.32 Å². The van der Waals surface area contributed by atoms with E-state index in [1.165, 1.54) is 25.7 Å². The van der Waals surface area contributed by atoms with Gasteiger partial charge in [0.15, 0.2) is 0 Å². The fraction of sp³-hybridized carbons (Fsp3) is 0.895. The number of carbonyl (C=O) groups excluding carboxylic acids is 1. The van der Waals surface area contributed by atoms with Crippen LogP contribution in [-0.2, 0) is 9.59 Å². The van der Waals surface area contributed by atoms with Gasteiger partial charge < -0.3 is 10.4 Å². The number of piperidine rings is 1. The SMILES string of the molecule is C[C@@]12CCC[C@H]1[C@@H]1CCC3NC(=O)CC(C(=O)O)[C@]3(C)[C@H]1CC2. The number of amides is 1. The summed E-state index contributed by atoms with van der Waals surface area (Å²) in [6, 6.07) is 0.0526. The number of fused-ring (bicyclic) bond motifs is 5. The first-order chi connectivity index (χ1) is 10.9.